The Morgan fingerprint density at radius 3 is 2.08 bits per heavy atom. The van der Waals surface area contributed by atoms with E-state index in [-0.39, 0.29) is 29.4 Å². The minimum atomic E-state index is -0.204. The molecule has 1 heterocycles. The monoisotopic (exact) mass is 409 g/mol. The van der Waals surface area contributed by atoms with Crippen molar-refractivity contribution in [2.75, 3.05) is 4.90 Å². The van der Waals surface area contributed by atoms with E-state index in [1.807, 2.05) is 30.3 Å². The number of hydrogen-bond donors (Lipinski definition) is 0. The molecule has 0 spiro atoms. The van der Waals surface area contributed by atoms with Crippen LogP contribution in [0.4, 0.5) is 5.69 Å². The summed E-state index contributed by atoms with van der Waals surface area (Å²) in [5.41, 5.74) is 3.46. The summed E-state index contributed by atoms with van der Waals surface area (Å²) in [6, 6.07) is 11.0. The average molecular weight is 410 g/mol. The summed E-state index contributed by atoms with van der Waals surface area (Å²) in [7, 11) is 0. The highest BCUT2D eigenvalue weighted by Crippen LogP contribution is 2.45. The highest BCUT2D eigenvalue weighted by molar-refractivity contribution is 9.10. The predicted octanol–water partition coefficient (Wildman–Crippen LogP) is 4.34. The molecule has 0 N–H and O–H groups in total. The van der Waals surface area contributed by atoms with Crippen molar-refractivity contribution < 1.29 is 14.4 Å². The quantitative estimate of drug-likeness (QED) is 0.561. The van der Waals surface area contributed by atoms with E-state index in [1.165, 1.54) is 4.90 Å². The molecule has 3 aliphatic rings. The molecule has 0 aromatic heterocycles. The van der Waals surface area contributed by atoms with Crippen molar-refractivity contribution in [3.05, 3.63) is 52.0 Å². The largest absolute Gasteiger partial charge is 0.289 e. The number of carbonyl (C=O) groups excluding carboxylic acids is 3. The summed E-state index contributed by atoms with van der Waals surface area (Å²) < 4.78 is 0.668. The summed E-state index contributed by atoms with van der Waals surface area (Å²) in [5, 5.41) is 0. The van der Waals surface area contributed by atoms with Crippen LogP contribution in [-0.2, 0) is 9.59 Å². The van der Waals surface area contributed by atoms with Crippen molar-refractivity contribution in [3.63, 3.8) is 0 Å². The van der Waals surface area contributed by atoms with Gasteiger partial charge in [0.15, 0.2) is 5.78 Å². The third-order valence-electron chi connectivity index (χ3n) is 5.88. The molecule has 2 aliphatic carbocycles. The van der Waals surface area contributed by atoms with Crippen molar-refractivity contribution in [1.82, 2.24) is 0 Å². The van der Waals surface area contributed by atoms with E-state index >= 15 is 0 Å². The van der Waals surface area contributed by atoms with Gasteiger partial charge in [-0.3, -0.25) is 14.4 Å². The zero-order valence-corrected chi connectivity index (χ0v) is 15.6. The summed E-state index contributed by atoms with van der Waals surface area (Å²) >= 11 is 3.53. The van der Waals surface area contributed by atoms with Crippen LogP contribution in [0.15, 0.2) is 40.9 Å². The van der Waals surface area contributed by atoms with Crippen LogP contribution in [-0.4, -0.2) is 17.6 Å². The predicted molar refractivity (Wildman–Crippen MR) is 101 cm³/mol. The average Bonchev–Trinajstić information content (AvgIpc) is 3.08. The number of halogens is 1. The number of carbonyl (C=O) groups is 3. The van der Waals surface area contributed by atoms with Gasteiger partial charge in [-0.15, -0.1) is 0 Å². The van der Waals surface area contributed by atoms with Gasteiger partial charge in [-0.25, -0.2) is 4.90 Å². The number of hydrogen-bond acceptors (Lipinski definition) is 3. The van der Waals surface area contributed by atoms with Crippen LogP contribution in [0.1, 0.15) is 41.6 Å². The number of benzene rings is 2. The number of fused-ring (bicyclic) bond motifs is 4. The third kappa shape index (κ3) is 2.04. The van der Waals surface area contributed by atoms with Crippen LogP contribution < -0.4 is 4.90 Å². The first kappa shape index (κ1) is 15.9. The molecule has 1 aliphatic heterocycles. The fourth-order valence-corrected chi connectivity index (χ4v) is 5.13. The topological polar surface area (TPSA) is 54.5 Å². The van der Waals surface area contributed by atoms with Gasteiger partial charge in [-0.2, -0.15) is 0 Å². The molecule has 2 atom stereocenters. The number of ketones is 1. The van der Waals surface area contributed by atoms with Gasteiger partial charge < -0.3 is 0 Å². The van der Waals surface area contributed by atoms with E-state index in [0.29, 0.717) is 21.3 Å². The van der Waals surface area contributed by atoms with E-state index < -0.39 is 0 Å². The molecule has 130 valence electrons. The highest BCUT2D eigenvalue weighted by Gasteiger charge is 2.49. The molecule has 1 saturated heterocycles. The Labute approximate surface area is 159 Å². The van der Waals surface area contributed by atoms with Gasteiger partial charge in [0.2, 0.25) is 11.8 Å². The summed E-state index contributed by atoms with van der Waals surface area (Å²) in [6.07, 6.45) is 3.54. The second-order valence-corrected chi connectivity index (χ2v) is 8.09. The first-order valence-electron chi connectivity index (χ1n) is 8.93. The SMILES string of the molecule is O=C1c2ccccc2-c2cc(Br)c(N3C(=O)[C@@H]4CCCC[C@H]4C3=O)cc21. The minimum Gasteiger partial charge on any atom is -0.289 e. The normalized spacial score (nSPS) is 23.9. The number of nitrogens with zero attached hydrogens (tertiary/aromatic N) is 1. The van der Waals surface area contributed by atoms with Crippen LogP contribution in [0.5, 0.6) is 0 Å². The molecule has 0 radical (unpaired) electrons. The van der Waals surface area contributed by atoms with E-state index in [9.17, 15) is 14.4 Å². The lowest BCUT2D eigenvalue weighted by Crippen LogP contribution is -2.31. The van der Waals surface area contributed by atoms with Crippen LogP contribution in [0.25, 0.3) is 11.1 Å². The summed E-state index contributed by atoms with van der Waals surface area (Å²) in [5.74, 6) is -0.707. The Morgan fingerprint density at radius 1 is 0.808 bits per heavy atom. The van der Waals surface area contributed by atoms with Gasteiger partial charge in [0, 0.05) is 15.6 Å². The molecule has 4 nitrogen and oxygen atoms in total. The van der Waals surface area contributed by atoms with Gasteiger partial charge in [-0.1, -0.05) is 37.1 Å². The molecule has 0 unspecified atom stereocenters. The lowest BCUT2D eigenvalue weighted by molar-refractivity contribution is -0.122. The maximum absolute atomic E-state index is 12.9. The minimum absolute atomic E-state index is 0.0548. The Balaban J connectivity index is 1.63. The molecule has 2 fully saturated rings. The Kier molecular flexibility index (Phi) is 3.44. The van der Waals surface area contributed by atoms with E-state index in [2.05, 4.69) is 15.9 Å². The smallest absolute Gasteiger partial charge is 0.237 e. The van der Waals surface area contributed by atoms with Gasteiger partial charge in [0.1, 0.15) is 0 Å². The molecule has 5 rings (SSSR count). The van der Waals surface area contributed by atoms with Crippen molar-refractivity contribution in [1.29, 1.82) is 0 Å². The molecular weight excluding hydrogens is 394 g/mol. The maximum atomic E-state index is 12.9. The van der Waals surface area contributed by atoms with E-state index in [4.69, 9.17) is 0 Å². The van der Waals surface area contributed by atoms with Gasteiger partial charge >= 0.3 is 0 Å². The third-order valence-corrected chi connectivity index (χ3v) is 6.51. The van der Waals surface area contributed by atoms with Gasteiger partial charge in [0.05, 0.1) is 17.5 Å². The second kappa shape index (κ2) is 5.61. The lowest BCUT2D eigenvalue weighted by Gasteiger charge is -2.19. The van der Waals surface area contributed by atoms with Crippen LogP contribution in [0, 0.1) is 11.8 Å². The molecule has 2 aromatic rings. The van der Waals surface area contributed by atoms with Crippen LogP contribution >= 0.6 is 15.9 Å². The number of amides is 2. The maximum Gasteiger partial charge on any atom is 0.237 e. The van der Waals surface area contributed by atoms with Crippen molar-refractivity contribution in [3.8, 4) is 11.1 Å². The zero-order valence-electron chi connectivity index (χ0n) is 14.0. The molecule has 1 saturated carbocycles. The fraction of sp³-hybridized carbons (Fsp3) is 0.286. The molecule has 2 amide bonds. The molecule has 2 aromatic carbocycles. The molecular formula is C21H16BrNO3. The van der Waals surface area contributed by atoms with Crippen LogP contribution in [0.3, 0.4) is 0 Å². The highest BCUT2D eigenvalue weighted by atomic mass is 79.9. The zero-order chi connectivity index (χ0) is 18.0. The Morgan fingerprint density at radius 2 is 1.42 bits per heavy atom. The van der Waals surface area contributed by atoms with Crippen molar-refractivity contribution >= 4 is 39.2 Å². The summed E-state index contributed by atoms with van der Waals surface area (Å²) in [4.78, 5) is 39.9. The van der Waals surface area contributed by atoms with Gasteiger partial charge in [0.25, 0.3) is 0 Å². The number of rotatable bonds is 1. The first-order valence-corrected chi connectivity index (χ1v) is 9.72. The first-order chi connectivity index (χ1) is 12.6. The number of anilines is 1. The standard InChI is InChI=1S/C21H16BrNO3/c22-17-9-15-11-5-1-2-6-12(11)19(24)16(15)10-18(17)23-20(25)13-7-3-4-8-14(13)21(23)26/h1-2,5-6,9-10,13-14H,3-4,7-8H2/t13-,14-/m1/s1. The number of imide groups is 1. The fourth-order valence-electron chi connectivity index (χ4n) is 4.60. The molecule has 5 heteroatoms. The van der Waals surface area contributed by atoms with Crippen molar-refractivity contribution in [2.45, 2.75) is 25.7 Å². The van der Waals surface area contributed by atoms with E-state index in [1.54, 1.807) is 6.07 Å². The molecule has 0 bridgehead atoms. The lowest BCUT2D eigenvalue weighted by atomic mass is 9.81. The van der Waals surface area contributed by atoms with Crippen LogP contribution in [0.2, 0.25) is 0 Å². The van der Waals surface area contributed by atoms with E-state index in [0.717, 1.165) is 36.8 Å². The Hall–Kier alpha value is -2.27. The van der Waals surface area contributed by atoms with Gasteiger partial charge in [-0.05, 0) is 52.0 Å². The van der Waals surface area contributed by atoms with Crippen molar-refractivity contribution in [2.24, 2.45) is 11.8 Å². The molecule has 26 heavy (non-hydrogen) atoms. The second-order valence-electron chi connectivity index (χ2n) is 7.23. The Bertz CT molecular complexity index is 973. The summed E-state index contributed by atoms with van der Waals surface area (Å²) in [6.45, 7) is 0.